The Kier molecular flexibility index (Phi) is 9.28. The highest BCUT2D eigenvalue weighted by Crippen LogP contribution is 2.19. The van der Waals surface area contributed by atoms with E-state index in [1.807, 2.05) is 0 Å². The molecule has 150 valence electrons. The second kappa shape index (κ2) is 11.7. The van der Waals surface area contributed by atoms with Gasteiger partial charge in [0.05, 0.1) is 19.3 Å². The number of hydrogen-bond donors (Lipinski definition) is 2. The van der Waals surface area contributed by atoms with Crippen LogP contribution in [0.5, 0.6) is 0 Å². The molecule has 0 spiro atoms. The summed E-state index contributed by atoms with van der Waals surface area (Å²) in [5, 5.41) is 5.61. The third-order valence-corrected chi connectivity index (χ3v) is 4.87. The van der Waals surface area contributed by atoms with Crippen LogP contribution in [0.15, 0.2) is 24.3 Å². The van der Waals surface area contributed by atoms with Crippen molar-refractivity contribution in [3.05, 3.63) is 24.3 Å². The molecule has 0 heterocycles. The highest BCUT2D eigenvalue weighted by Gasteiger charge is 2.14. The first-order valence-electron chi connectivity index (χ1n) is 10.1. The standard InChI is InChI=1S/C21H33N3O3/c1-3-24(14-15-27-20-8-6-4-5-7-9-20)16-21(26)23-19-12-10-18(11-13-19)22-17(2)25/h10-13,20H,3-9,14-16H2,1-2H3,(H,22,25)(H,23,26). The Labute approximate surface area is 162 Å². The summed E-state index contributed by atoms with van der Waals surface area (Å²) in [6.07, 6.45) is 7.92. The van der Waals surface area contributed by atoms with Crippen LogP contribution in [0.4, 0.5) is 11.4 Å². The van der Waals surface area contributed by atoms with E-state index < -0.39 is 0 Å². The second-order valence-corrected chi connectivity index (χ2v) is 7.16. The number of amides is 2. The lowest BCUT2D eigenvalue weighted by atomic mass is 10.1. The smallest absolute Gasteiger partial charge is 0.238 e. The van der Waals surface area contributed by atoms with E-state index in [0.717, 1.165) is 18.8 Å². The summed E-state index contributed by atoms with van der Waals surface area (Å²) in [5.41, 5.74) is 1.44. The molecule has 1 aliphatic rings. The van der Waals surface area contributed by atoms with Crippen LogP contribution in [-0.2, 0) is 14.3 Å². The van der Waals surface area contributed by atoms with Crippen molar-refractivity contribution in [2.45, 2.75) is 58.5 Å². The Morgan fingerprint density at radius 3 is 2.19 bits per heavy atom. The predicted octanol–water partition coefficient (Wildman–Crippen LogP) is 3.64. The van der Waals surface area contributed by atoms with Crippen molar-refractivity contribution >= 4 is 23.2 Å². The van der Waals surface area contributed by atoms with Gasteiger partial charge < -0.3 is 15.4 Å². The number of nitrogens with zero attached hydrogens (tertiary/aromatic N) is 1. The minimum Gasteiger partial charge on any atom is -0.377 e. The molecule has 1 fully saturated rings. The first-order valence-corrected chi connectivity index (χ1v) is 10.1. The number of carbonyl (C=O) groups excluding carboxylic acids is 2. The third-order valence-electron chi connectivity index (χ3n) is 4.87. The van der Waals surface area contributed by atoms with Crippen molar-refractivity contribution < 1.29 is 14.3 Å². The van der Waals surface area contributed by atoms with E-state index in [1.54, 1.807) is 24.3 Å². The van der Waals surface area contributed by atoms with Gasteiger partial charge in [0, 0.05) is 24.8 Å². The maximum atomic E-state index is 12.3. The van der Waals surface area contributed by atoms with Crippen LogP contribution >= 0.6 is 0 Å². The van der Waals surface area contributed by atoms with Crippen LogP contribution in [0.2, 0.25) is 0 Å². The number of anilines is 2. The van der Waals surface area contributed by atoms with Crippen molar-refractivity contribution in [1.82, 2.24) is 4.90 Å². The number of rotatable bonds is 9. The molecule has 2 amide bonds. The van der Waals surface area contributed by atoms with Gasteiger partial charge in [0.2, 0.25) is 11.8 Å². The SMILES string of the molecule is CCN(CCOC1CCCCCC1)CC(=O)Nc1ccc(NC(C)=O)cc1. The quantitative estimate of drug-likeness (QED) is 0.647. The molecule has 0 aliphatic heterocycles. The maximum absolute atomic E-state index is 12.3. The molecule has 0 aromatic heterocycles. The lowest BCUT2D eigenvalue weighted by Gasteiger charge is -2.22. The maximum Gasteiger partial charge on any atom is 0.238 e. The van der Waals surface area contributed by atoms with Crippen molar-refractivity contribution in [2.75, 3.05) is 36.9 Å². The van der Waals surface area contributed by atoms with Crippen molar-refractivity contribution in [3.8, 4) is 0 Å². The van der Waals surface area contributed by atoms with Crippen LogP contribution < -0.4 is 10.6 Å². The first kappa shape index (κ1) is 21.4. The molecule has 0 unspecified atom stereocenters. The highest BCUT2D eigenvalue weighted by atomic mass is 16.5. The lowest BCUT2D eigenvalue weighted by molar-refractivity contribution is -0.117. The number of likely N-dealkylation sites (N-methyl/N-ethyl adjacent to an activating group) is 1. The largest absolute Gasteiger partial charge is 0.377 e. The Balaban J connectivity index is 1.71. The molecule has 1 aromatic carbocycles. The Bertz CT molecular complexity index is 581. The van der Waals surface area contributed by atoms with Crippen LogP contribution in [0.1, 0.15) is 52.4 Å². The molecule has 27 heavy (non-hydrogen) atoms. The molecule has 0 atom stereocenters. The zero-order valence-electron chi connectivity index (χ0n) is 16.6. The van der Waals surface area contributed by atoms with Gasteiger partial charge >= 0.3 is 0 Å². The fourth-order valence-corrected chi connectivity index (χ4v) is 3.35. The molecule has 0 saturated heterocycles. The van der Waals surface area contributed by atoms with Crippen LogP contribution in [0.25, 0.3) is 0 Å². The van der Waals surface area contributed by atoms with Gasteiger partial charge in [0.1, 0.15) is 0 Å². The molecule has 1 aliphatic carbocycles. The fraction of sp³-hybridized carbons (Fsp3) is 0.619. The molecule has 1 aromatic rings. The second-order valence-electron chi connectivity index (χ2n) is 7.16. The summed E-state index contributed by atoms with van der Waals surface area (Å²) in [5.74, 6) is -0.157. The molecular formula is C21H33N3O3. The molecule has 6 heteroatoms. The monoisotopic (exact) mass is 375 g/mol. The molecule has 6 nitrogen and oxygen atoms in total. The molecule has 2 rings (SSSR count). The van der Waals surface area contributed by atoms with E-state index in [4.69, 9.17) is 4.74 Å². The minimum atomic E-state index is -0.114. The average molecular weight is 376 g/mol. The van der Waals surface area contributed by atoms with Gasteiger partial charge in [-0.2, -0.15) is 0 Å². The van der Waals surface area contributed by atoms with Gasteiger partial charge in [-0.3, -0.25) is 14.5 Å². The van der Waals surface area contributed by atoms with Crippen LogP contribution in [0.3, 0.4) is 0 Å². The number of ether oxygens (including phenoxy) is 1. The number of benzene rings is 1. The normalized spacial score (nSPS) is 15.4. The van der Waals surface area contributed by atoms with Gasteiger partial charge in [0.15, 0.2) is 0 Å². The van der Waals surface area contributed by atoms with E-state index in [9.17, 15) is 9.59 Å². The van der Waals surface area contributed by atoms with E-state index in [-0.39, 0.29) is 11.8 Å². The summed E-state index contributed by atoms with van der Waals surface area (Å²) in [6, 6.07) is 7.12. The van der Waals surface area contributed by atoms with Crippen molar-refractivity contribution in [1.29, 1.82) is 0 Å². The van der Waals surface area contributed by atoms with E-state index in [1.165, 1.54) is 45.4 Å². The number of hydrogen-bond acceptors (Lipinski definition) is 4. The molecular weight excluding hydrogens is 342 g/mol. The van der Waals surface area contributed by atoms with E-state index in [2.05, 4.69) is 22.5 Å². The van der Waals surface area contributed by atoms with Crippen molar-refractivity contribution in [3.63, 3.8) is 0 Å². The Morgan fingerprint density at radius 1 is 1.04 bits per heavy atom. The van der Waals surface area contributed by atoms with Gasteiger partial charge in [-0.15, -0.1) is 0 Å². The highest BCUT2D eigenvalue weighted by molar-refractivity contribution is 5.93. The average Bonchev–Trinajstić information content (AvgIpc) is 2.91. The van der Waals surface area contributed by atoms with Crippen LogP contribution in [0, 0.1) is 0 Å². The summed E-state index contributed by atoms with van der Waals surface area (Å²) >= 11 is 0. The topological polar surface area (TPSA) is 70.7 Å². The Morgan fingerprint density at radius 2 is 1.63 bits per heavy atom. The fourth-order valence-electron chi connectivity index (χ4n) is 3.35. The lowest BCUT2D eigenvalue weighted by Crippen LogP contribution is -2.36. The van der Waals surface area contributed by atoms with Gasteiger partial charge in [-0.05, 0) is 43.7 Å². The molecule has 0 radical (unpaired) electrons. The molecule has 1 saturated carbocycles. The third kappa shape index (κ3) is 8.54. The summed E-state index contributed by atoms with van der Waals surface area (Å²) in [4.78, 5) is 25.4. The summed E-state index contributed by atoms with van der Waals surface area (Å²) in [6.45, 7) is 6.12. The number of carbonyl (C=O) groups is 2. The van der Waals surface area contributed by atoms with Gasteiger partial charge in [0.25, 0.3) is 0 Å². The molecule has 2 N–H and O–H groups in total. The van der Waals surface area contributed by atoms with E-state index in [0.29, 0.717) is 24.9 Å². The predicted molar refractivity (Wildman–Crippen MR) is 109 cm³/mol. The minimum absolute atomic E-state index is 0.0430. The Hall–Kier alpha value is -1.92. The van der Waals surface area contributed by atoms with Crippen LogP contribution in [-0.4, -0.2) is 49.1 Å². The summed E-state index contributed by atoms with van der Waals surface area (Å²) in [7, 11) is 0. The van der Waals surface area contributed by atoms with E-state index >= 15 is 0 Å². The first-order chi connectivity index (χ1) is 13.1. The van der Waals surface area contributed by atoms with Crippen molar-refractivity contribution in [2.24, 2.45) is 0 Å². The zero-order chi connectivity index (χ0) is 19.5. The zero-order valence-corrected chi connectivity index (χ0v) is 16.6. The number of nitrogens with one attached hydrogen (secondary N) is 2. The molecule has 0 bridgehead atoms. The van der Waals surface area contributed by atoms with Gasteiger partial charge in [-0.25, -0.2) is 0 Å². The summed E-state index contributed by atoms with van der Waals surface area (Å²) < 4.78 is 6.03. The van der Waals surface area contributed by atoms with Gasteiger partial charge in [-0.1, -0.05) is 32.6 Å².